The lowest BCUT2D eigenvalue weighted by atomic mass is 9.73. The molecule has 176 valence electrons. The summed E-state index contributed by atoms with van der Waals surface area (Å²) in [5.74, 6) is 0.851. The van der Waals surface area contributed by atoms with Crippen LogP contribution in [0.2, 0.25) is 0 Å². The van der Waals surface area contributed by atoms with Crippen LogP contribution in [0.5, 0.6) is 0 Å². The number of carbonyl (C=O) groups is 2. The lowest BCUT2D eigenvalue weighted by Crippen LogP contribution is -2.58. The van der Waals surface area contributed by atoms with Crippen molar-refractivity contribution in [3.63, 3.8) is 0 Å². The standard InChI is InChI=1S/C26H39N3O3/c1-25(2,3)32-24(31)28-22(21-12-8-5-9-13-21)23(30)27-18-26-14-20(15-26)17-29(26)16-19-10-6-4-7-11-19/h4,6-7,10-11,20-22H,5,8-9,12-18H2,1-3H3,(H,27,30)(H,28,31)/t20?,22-,26?/m0/s1. The van der Waals surface area contributed by atoms with Gasteiger partial charge in [-0.2, -0.15) is 0 Å². The number of alkyl carbamates (subject to hydrolysis) is 1. The van der Waals surface area contributed by atoms with E-state index in [2.05, 4.69) is 39.8 Å². The molecule has 2 saturated carbocycles. The quantitative estimate of drug-likeness (QED) is 0.664. The maximum atomic E-state index is 13.3. The summed E-state index contributed by atoms with van der Waals surface area (Å²) in [6, 6.07) is 10.0. The molecule has 0 radical (unpaired) electrons. The number of fused-ring (bicyclic) bond motifs is 1. The van der Waals surface area contributed by atoms with Gasteiger partial charge >= 0.3 is 6.09 Å². The van der Waals surface area contributed by atoms with E-state index >= 15 is 0 Å². The lowest BCUT2D eigenvalue weighted by Gasteiger charge is -2.43. The van der Waals surface area contributed by atoms with Gasteiger partial charge in [0.1, 0.15) is 11.6 Å². The molecule has 0 spiro atoms. The first-order chi connectivity index (χ1) is 15.2. The highest BCUT2D eigenvalue weighted by Crippen LogP contribution is 2.50. The van der Waals surface area contributed by atoms with Crippen molar-refractivity contribution in [1.29, 1.82) is 0 Å². The van der Waals surface area contributed by atoms with E-state index in [4.69, 9.17) is 4.74 Å². The zero-order valence-corrected chi connectivity index (χ0v) is 19.9. The van der Waals surface area contributed by atoms with E-state index < -0.39 is 17.7 Å². The van der Waals surface area contributed by atoms with E-state index in [0.29, 0.717) is 6.54 Å². The van der Waals surface area contributed by atoms with Crippen LogP contribution < -0.4 is 10.6 Å². The number of hydrogen-bond donors (Lipinski definition) is 2. The molecule has 2 saturated heterocycles. The van der Waals surface area contributed by atoms with Gasteiger partial charge in [-0.3, -0.25) is 9.69 Å². The van der Waals surface area contributed by atoms with E-state index in [1.165, 1.54) is 12.0 Å². The highest BCUT2D eigenvalue weighted by Gasteiger charge is 2.55. The Morgan fingerprint density at radius 1 is 1.12 bits per heavy atom. The number of carbonyl (C=O) groups excluding carboxylic acids is 2. The van der Waals surface area contributed by atoms with Crippen molar-refractivity contribution in [1.82, 2.24) is 15.5 Å². The molecule has 4 aliphatic rings. The van der Waals surface area contributed by atoms with Crippen LogP contribution in [0.4, 0.5) is 4.79 Å². The molecule has 1 atom stereocenters. The summed E-state index contributed by atoms with van der Waals surface area (Å²) in [4.78, 5) is 28.4. The van der Waals surface area contributed by atoms with Crippen LogP contribution >= 0.6 is 0 Å². The van der Waals surface area contributed by atoms with Crippen LogP contribution in [-0.2, 0) is 16.1 Å². The predicted molar refractivity (Wildman–Crippen MR) is 125 cm³/mol. The van der Waals surface area contributed by atoms with Gasteiger partial charge in [-0.15, -0.1) is 0 Å². The van der Waals surface area contributed by atoms with Gasteiger partial charge in [0, 0.05) is 25.2 Å². The van der Waals surface area contributed by atoms with E-state index in [-0.39, 0.29) is 17.4 Å². The third-order valence-corrected chi connectivity index (χ3v) is 7.37. The van der Waals surface area contributed by atoms with E-state index in [1.54, 1.807) is 0 Å². The predicted octanol–water partition coefficient (Wildman–Crippen LogP) is 4.24. The molecule has 6 heteroatoms. The molecule has 5 rings (SSSR count). The Balaban J connectivity index is 1.38. The van der Waals surface area contributed by atoms with Crippen molar-refractivity contribution >= 4 is 12.0 Å². The van der Waals surface area contributed by atoms with Crippen LogP contribution in [0.3, 0.4) is 0 Å². The Bertz CT molecular complexity index is 792. The first-order valence-electron chi connectivity index (χ1n) is 12.3. The largest absolute Gasteiger partial charge is 0.444 e. The normalized spacial score (nSPS) is 26.8. The fourth-order valence-corrected chi connectivity index (χ4v) is 5.86. The van der Waals surface area contributed by atoms with Crippen LogP contribution in [0.15, 0.2) is 30.3 Å². The second-order valence-electron chi connectivity index (χ2n) is 11.1. The average Bonchev–Trinajstić information content (AvgIpc) is 3.24. The summed E-state index contributed by atoms with van der Waals surface area (Å²) in [5.41, 5.74) is 0.788. The lowest BCUT2D eigenvalue weighted by molar-refractivity contribution is -0.125. The van der Waals surface area contributed by atoms with Crippen molar-refractivity contribution in [3.8, 4) is 0 Å². The van der Waals surface area contributed by atoms with Gasteiger partial charge in [0.2, 0.25) is 5.91 Å². The fraction of sp³-hybridized carbons (Fsp3) is 0.692. The van der Waals surface area contributed by atoms with Crippen molar-refractivity contribution in [2.75, 3.05) is 13.1 Å². The molecule has 0 unspecified atom stereocenters. The first kappa shape index (κ1) is 23.1. The average molecular weight is 442 g/mol. The zero-order valence-electron chi connectivity index (χ0n) is 19.9. The van der Waals surface area contributed by atoms with Crippen LogP contribution in [0.1, 0.15) is 71.3 Å². The summed E-state index contributed by atoms with van der Waals surface area (Å²) in [6.45, 7) is 8.21. The monoisotopic (exact) mass is 441 g/mol. The topological polar surface area (TPSA) is 70.7 Å². The molecule has 32 heavy (non-hydrogen) atoms. The third-order valence-electron chi connectivity index (χ3n) is 7.37. The number of nitrogens with zero attached hydrogens (tertiary/aromatic N) is 1. The summed E-state index contributed by atoms with van der Waals surface area (Å²) in [5, 5.41) is 6.14. The Morgan fingerprint density at radius 3 is 2.47 bits per heavy atom. The van der Waals surface area contributed by atoms with E-state index in [0.717, 1.165) is 57.5 Å². The van der Waals surface area contributed by atoms with Gasteiger partial charge in [-0.1, -0.05) is 49.6 Å². The molecule has 2 heterocycles. The summed E-state index contributed by atoms with van der Waals surface area (Å²) in [6.07, 6.45) is 7.17. The number of hydrogen-bond acceptors (Lipinski definition) is 4. The summed E-state index contributed by atoms with van der Waals surface area (Å²) < 4.78 is 5.46. The minimum absolute atomic E-state index is 0.0548. The molecule has 0 aromatic heterocycles. The highest BCUT2D eigenvalue weighted by molar-refractivity contribution is 5.86. The second kappa shape index (κ2) is 9.42. The molecular formula is C26H39N3O3. The molecule has 2 bridgehead atoms. The molecule has 1 aromatic rings. The van der Waals surface area contributed by atoms with Crippen LogP contribution in [0.25, 0.3) is 0 Å². The number of amides is 2. The Kier molecular flexibility index (Phi) is 6.80. The van der Waals surface area contributed by atoms with Crippen molar-refractivity contribution in [2.24, 2.45) is 11.8 Å². The molecule has 4 fully saturated rings. The molecular weight excluding hydrogens is 402 g/mol. The van der Waals surface area contributed by atoms with Gasteiger partial charge in [0.05, 0.1) is 0 Å². The number of benzene rings is 1. The molecule has 1 aromatic carbocycles. The third kappa shape index (κ3) is 5.45. The first-order valence-corrected chi connectivity index (χ1v) is 12.3. The summed E-state index contributed by atoms with van der Waals surface area (Å²) in [7, 11) is 0. The second-order valence-corrected chi connectivity index (χ2v) is 11.1. The van der Waals surface area contributed by atoms with Gasteiger partial charge in [0.25, 0.3) is 0 Å². The Hall–Kier alpha value is -2.08. The van der Waals surface area contributed by atoms with Crippen LogP contribution in [0, 0.1) is 11.8 Å². The van der Waals surface area contributed by atoms with Gasteiger partial charge in [-0.25, -0.2) is 4.79 Å². The molecule has 2 aliphatic heterocycles. The SMILES string of the molecule is CC(C)(C)OC(=O)N[C@H](C(=O)NCC12CC(CN1Cc1ccccc1)C2)C1CCCCC1. The Labute approximate surface area is 192 Å². The molecule has 2 amide bonds. The van der Waals surface area contributed by atoms with Crippen molar-refractivity contribution in [2.45, 2.75) is 89.4 Å². The van der Waals surface area contributed by atoms with Gasteiger partial charge < -0.3 is 15.4 Å². The molecule has 2 N–H and O–H groups in total. The van der Waals surface area contributed by atoms with Gasteiger partial charge in [0.15, 0.2) is 0 Å². The van der Waals surface area contributed by atoms with Crippen molar-refractivity contribution < 1.29 is 14.3 Å². The number of nitrogens with one attached hydrogen (secondary N) is 2. The zero-order chi connectivity index (χ0) is 22.8. The molecule has 6 nitrogen and oxygen atoms in total. The summed E-state index contributed by atoms with van der Waals surface area (Å²) >= 11 is 0. The van der Waals surface area contributed by atoms with E-state index in [9.17, 15) is 9.59 Å². The number of ether oxygens (including phenoxy) is 1. The maximum Gasteiger partial charge on any atom is 0.408 e. The maximum absolute atomic E-state index is 13.3. The number of rotatable bonds is 7. The van der Waals surface area contributed by atoms with Gasteiger partial charge in [-0.05, 0) is 63.9 Å². The Morgan fingerprint density at radius 2 is 1.81 bits per heavy atom. The highest BCUT2D eigenvalue weighted by atomic mass is 16.6. The smallest absolute Gasteiger partial charge is 0.408 e. The minimum Gasteiger partial charge on any atom is -0.444 e. The van der Waals surface area contributed by atoms with E-state index in [1.807, 2.05) is 26.8 Å². The van der Waals surface area contributed by atoms with Crippen LogP contribution in [-0.4, -0.2) is 47.2 Å². The molecule has 2 aliphatic carbocycles. The fourth-order valence-electron chi connectivity index (χ4n) is 5.86. The van der Waals surface area contributed by atoms with Crippen molar-refractivity contribution in [3.05, 3.63) is 35.9 Å². The minimum atomic E-state index is -0.584.